The summed E-state index contributed by atoms with van der Waals surface area (Å²) in [5, 5.41) is 13.0. The maximum atomic E-state index is 5.53. The van der Waals surface area contributed by atoms with Crippen molar-refractivity contribution >= 4 is 0 Å². The number of aromatic nitrogens is 4. The van der Waals surface area contributed by atoms with E-state index in [-0.39, 0.29) is 0 Å². The van der Waals surface area contributed by atoms with E-state index in [4.69, 9.17) is 4.74 Å². The molecule has 29 heavy (non-hydrogen) atoms. The number of hydrogen-bond acceptors (Lipinski definition) is 6. The zero-order valence-electron chi connectivity index (χ0n) is 17.8. The second-order valence-electron chi connectivity index (χ2n) is 8.35. The minimum atomic E-state index is 0.323. The molecule has 0 bridgehead atoms. The van der Waals surface area contributed by atoms with E-state index < -0.39 is 0 Å². The summed E-state index contributed by atoms with van der Waals surface area (Å²) in [7, 11) is 1.75. The van der Waals surface area contributed by atoms with Crippen LogP contribution in [0.15, 0.2) is 24.3 Å². The van der Waals surface area contributed by atoms with Gasteiger partial charge >= 0.3 is 0 Å². The molecule has 7 heteroatoms. The van der Waals surface area contributed by atoms with Gasteiger partial charge in [0.05, 0.1) is 19.2 Å². The van der Waals surface area contributed by atoms with Crippen molar-refractivity contribution in [2.75, 3.05) is 33.3 Å². The van der Waals surface area contributed by atoms with E-state index in [2.05, 4.69) is 49.1 Å². The van der Waals surface area contributed by atoms with Crippen LogP contribution in [0.5, 0.6) is 5.75 Å². The third kappa shape index (κ3) is 4.61. The average Bonchev–Trinajstić information content (AvgIpc) is 3.45. The minimum absolute atomic E-state index is 0.323. The van der Waals surface area contributed by atoms with E-state index in [1.165, 1.54) is 31.2 Å². The Labute approximate surface area is 174 Å². The molecule has 2 fully saturated rings. The van der Waals surface area contributed by atoms with Gasteiger partial charge in [-0.05, 0) is 35.8 Å². The van der Waals surface area contributed by atoms with Crippen molar-refractivity contribution in [3.05, 3.63) is 35.7 Å². The molecule has 1 aromatic carbocycles. The fraction of sp³-hybridized carbons (Fsp3) is 0.682. The molecule has 1 saturated heterocycles. The standard InChI is InChI=1S/C22H34N6O/c1-3-8-20(22-23-24-25-28(22)19-10-5-6-11-19)27-15-13-26(14-16-27)17-18-9-4-7-12-21(18)29-2/h4,7,9,12,19-20H,3,5-6,8,10-11,13-17H2,1-2H3. The monoisotopic (exact) mass is 398 g/mol. The van der Waals surface area contributed by atoms with Gasteiger partial charge in [-0.1, -0.05) is 44.4 Å². The zero-order chi connectivity index (χ0) is 20.1. The van der Waals surface area contributed by atoms with Gasteiger partial charge in [-0.15, -0.1) is 5.10 Å². The SMILES string of the molecule is CCCC(c1nnnn1C1CCCC1)N1CCN(Cc2ccccc2OC)CC1. The number of ether oxygens (including phenoxy) is 1. The smallest absolute Gasteiger partial charge is 0.168 e. The summed E-state index contributed by atoms with van der Waals surface area (Å²) in [5.41, 5.74) is 1.26. The lowest BCUT2D eigenvalue weighted by Gasteiger charge is -2.39. The molecule has 158 valence electrons. The Morgan fingerprint density at radius 2 is 1.86 bits per heavy atom. The topological polar surface area (TPSA) is 59.3 Å². The van der Waals surface area contributed by atoms with Crippen LogP contribution in [0.4, 0.5) is 0 Å². The summed E-state index contributed by atoms with van der Waals surface area (Å²) in [6.07, 6.45) is 7.27. The molecule has 0 amide bonds. The molecule has 0 N–H and O–H groups in total. The summed E-state index contributed by atoms with van der Waals surface area (Å²) in [4.78, 5) is 5.12. The zero-order valence-corrected chi connectivity index (χ0v) is 17.8. The van der Waals surface area contributed by atoms with Gasteiger partial charge in [0.1, 0.15) is 5.75 Å². The van der Waals surface area contributed by atoms with E-state index in [9.17, 15) is 0 Å². The quantitative estimate of drug-likeness (QED) is 0.679. The van der Waals surface area contributed by atoms with Crippen LogP contribution in [0.25, 0.3) is 0 Å². The van der Waals surface area contributed by atoms with Crippen LogP contribution in [-0.4, -0.2) is 63.3 Å². The summed E-state index contributed by atoms with van der Waals surface area (Å²) in [6, 6.07) is 9.15. The highest BCUT2D eigenvalue weighted by atomic mass is 16.5. The van der Waals surface area contributed by atoms with Crippen molar-refractivity contribution in [1.82, 2.24) is 30.0 Å². The first-order valence-corrected chi connectivity index (χ1v) is 11.2. The Kier molecular flexibility index (Phi) is 6.77. The van der Waals surface area contributed by atoms with Crippen LogP contribution in [-0.2, 0) is 6.54 Å². The number of para-hydroxylation sites is 1. The molecule has 1 aliphatic heterocycles. The second kappa shape index (κ2) is 9.67. The van der Waals surface area contributed by atoms with Gasteiger partial charge in [-0.25, -0.2) is 4.68 Å². The Hall–Kier alpha value is -1.99. The lowest BCUT2D eigenvalue weighted by atomic mass is 10.1. The van der Waals surface area contributed by atoms with E-state index >= 15 is 0 Å². The first kappa shape index (κ1) is 20.3. The van der Waals surface area contributed by atoms with E-state index in [1.807, 2.05) is 12.1 Å². The Morgan fingerprint density at radius 1 is 1.10 bits per heavy atom. The highest BCUT2D eigenvalue weighted by Crippen LogP contribution is 2.33. The van der Waals surface area contributed by atoms with Gasteiger partial charge in [-0.2, -0.15) is 0 Å². The summed E-state index contributed by atoms with van der Waals surface area (Å²) in [6.45, 7) is 7.42. The Balaban J connectivity index is 1.41. The number of rotatable bonds is 8. The van der Waals surface area contributed by atoms with Crippen molar-refractivity contribution in [2.45, 2.75) is 64.1 Å². The molecule has 1 atom stereocenters. The number of tetrazole rings is 1. The molecular weight excluding hydrogens is 364 g/mol. The lowest BCUT2D eigenvalue weighted by Crippen LogP contribution is -2.47. The predicted octanol–water partition coefficient (Wildman–Crippen LogP) is 3.46. The fourth-order valence-electron chi connectivity index (χ4n) is 4.88. The first-order valence-electron chi connectivity index (χ1n) is 11.2. The van der Waals surface area contributed by atoms with Crippen molar-refractivity contribution in [3.8, 4) is 5.75 Å². The van der Waals surface area contributed by atoms with Crippen molar-refractivity contribution in [3.63, 3.8) is 0 Å². The van der Waals surface area contributed by atoms with Crippen LogP contribution in [0.1, 0.15) is 68.9 Å². The molecule has 0 radical (unpaired) electrons. The number of piperazine rings is 1. The van der Waals surface area contributed by atoms with Gasteiger partial charge in [-0.3, -0.25) is 9.80 Å². The fourth-order valence-corrected chi connectivity index (χ4v) is 4.88. The maximum Gasteiger partial charge on any atom is 0.168 e. The highest BCUT2D eigenvalue weighted by molar-refractivity contribution is 5.33. The Bertz CT molecular complexity index is 764. The van der Waals surface area contributed by atoms with E-state index in [0.717, 1.165) is 57.1 Å². The van der Waals surface area contributed by atoms with Crippen LogP contribution in [0.2, 0.25) is 0 Å². The number of methoxy groups -OCH3 is 1. The summed E-state index contributed by atoms with van der Waals surface area (Å²) in [5.74, 6) is 2.06. The second-order valence-corrected chi connectivity index (χ2v) is 8.35. The van der Waals surface area contributed by atoms with Crippen LogP contribution >= 0.6 is 0 Å². The third-order valence-electron chi connectivity index (χ3n) is 6.48. The van der Waals surface area contributed by atoms with Crippen LogP contribution in [0.3, 0.4) is 0 Å². The summed E-state index contributed by atoms with van der Waals surface area (Å²) >= 11 is 0. The molecule has 7 nitrogen and oxygen atoms in total. The number of hydrogen-bond donors (Lipinski definition) is 0. The third-order valence-corrected chi connectivity index (χ3v) is 6.48. The predicted molar refractivity (Wildman–Crippen MR) is 113 cm³/mol. The molecule has 1 saturated carbocycles. The largest absolute Gasteiger partial charge is 0.496 e. The van der Waals surface area contributed by atoms with E-state index in [0.29, 0.717) is 12.1 Å². The molecule has 2 heterocycles. The molecule has 4 rings (SSSR count). The van der Waals surface area contributed by atoms with Gasteiger partial charge < -0.3 is 4.74 Å². The van der Waals surface area contributed by atoms with E-state index in [1.54, 1.807) is 7.11 Å². The normalized spacial score (nSPS) is 20.2. The molecule has 2 aromatic rings. The van der Waals surface area contributed by atoms with Crippen LogP contribution in [0, 0.1) is 0 Å². The molecule has 1 unspecified atom stereocenters. The van der Waals surface area contributed by atoms with Crippen molar-refractivity contribution in [2.24, 2.45) is 0 Å². The minimum Gasteiger partial charge on any atom is -0.496 e. The van der Waals surface area contributed by atoms with Gasteiger partial charge in [0.15, 0.2) is 5.82 Å². The van der Waals surface area contributed by atoms with Gasteiger partial charge in [0, 0.05) is 38.3 Å². The molecule has 1 aromatic heterocycles. The molecule has 2 aliphatic rings. The van der Waals surface area contributed by atoms with Crippen molar-refractivity contribution < 1.29 is 4.74 Å². The maximum absolute atomic E-state index is 5.53. The lowest BCUT2D eigenvalue weighted by molar-refractivity contribution is 0.0806. The highest BCUT2D eigenvalue weighted by Gasteiger charge is 2.31. The molecular formula is C22H34N6O. The molecule has 1 aliphatic carbocycles. The number of nitrogens with zero attached hydrogens (tertiary/aromatic N) is 6. The van der Waals surface area contributed by atoms with Crippen molar-refractivity contribution in [1.29, 1.82) is 0 Å². The first-order chi connectivity index (χ1) is 14.3. The Morgan fingerprint density at radius 3 is 2.59 bits per heavy atom. The molecule has 0 spiro atoms. The summed E-state index contributed by atoms with van der Waals surface area (Å²) < 4.78 is 7.67. The average molecular weight is 399 g/mol. The van der Waals surface area contributed by atoms with Gasteiger partial charge in [0.25, 0.3) is 0 Å². The number of benzene rings is 1. The van der Waals surface area contributed by atoms with Gasteiger partial charge in [0.2, 0.25) is 0 Å². The van der Waals surface area contributed by atoms with Crippen LogP contribution < -0.4 is 4.74 Å².